The van der Waals surface area contributed by atoms with Crippen LogP contribution in [0, 0.1) is 0 Å². The molecule has 2 heterocycles. The Morgan fingerprint density at radius 3 is 0.986 bits per heavy atom. The van der Waals surface area contributed by atoms with Crippen LogP contribution in [-0.2, 0) is 40.5 Å². The van der Waals surface area contributed by atoms with E-state index in [1.165, 1.54) is 58.3 Å². The van der Waals surface area contributed by atoms with E-state index >= 15 is 0 Å². The van der Waals surface area contributed by atoms with Gasteiger partial charge in [0.1, 0.15) is 40.5 Å². The first-order valence-electron chi connectivity index (χ1n) is 19.1. The Labute approximate surface area is 502 Å². The van der Waals surface area contributed by atoms with Crippen LogP contribution in [-0.4, -0.2) is 132 Å². The Morgan fingerprint density at radius 1 is 0.444 bits per heavy atom. The molecule has 0 atom stereocenters. The fourth-order valence-electron chi connectivity index (χ4n) is 5.83. The molecule has 26 nitrogen and oxygen atoms in total. The summed E-state index contributed by atoms with van der Waals surface area (Å²) in [5.41, 5.74) is 0.0225. The summed E-state index contributed by atoms with van der Waals surface area (Å²) in [6.45, 7) is -0.457. The van der Waals surface area contributed by atoms with E-state index in [1.54, 1.807) is 14.1 Å². The molecule has 0 unspecified atom stereocenters. The predicted octanol–water partition coefficient (Wildman–Crippen LogP) is -10.3. The molecule has 72 heavy (non-hydrogen) atoms. The van der Waals surface area contributed by atoms with E-state index in [9.17, 15) is 62.1 Å². The van der Waals surface area contributed by atoms with Crippen LogP contribution in [0.2, 0.25) is 0 Å². The van der Waals surface area contributed by atoms with Gasteiger partial charge in [-0.1, -0.05) is 24.3 Å². The number of aromatic nitrogens is 6. The fourth-order valence-corrected chi connectivity index (χ4v) is 8.16. The van der Waals surface area contributed by atoms with Crippen LogP contribution >= 0.6 is 0 Å². The van der Waals surface area contributed by atoms with E-state index in [1.807, 2.05) is 0 Å². The number of likely N-dealkylation sites (N-methyl/N-ethyl adjacent to an activating group) is 2. The standard InChI is InChI=1S/C38H40N12O14S4.4Na/c1-49(17-19-51)37-45-33(39-25-9-13-29(14-10-25)65(53,54)55)43-35(47-37)41-27-7-5-23(31(21-27)67(59,60)61)3-4-24-6-8-28(22-32(24)68(62,63)64)42-36-44-34(46-38(48-36)50(2)18-20-52)40-26-11-15-30(16-12-26)66(56,57)58;;;;/h3-16,21-22,51-52H,17-20H2,1-2H3,(H,53,54,55)(H,56,57,58)(H,59,60,61)(H,62,63,64)(H2,39,41,43,45,47)(H2,40,42,44,46,48);;;;/q;4*+1/p-4/b4-3+;;;;. The number of hydrogen-bond donors (Lipinski definition) is 6. The van der Waals surface area contributed by atoms with Crippen molar-refractivity contribution in [2.24, 2.45) is 0 Å². The third kappa shape index (κ3) is 18.4. The first-order chi connectivity index (χ1) is 31.9. The molecule has 360 valence electrons. The number of aliphatic hydroxyl groups is 2. The van der Waals surface area contributed by atoms with E-state index in [-0.39, 0.29) is 214 Å². The molecule has 6 rings (SSSR count). The van der Waals surface area contributed by atoms with Crippen molar-refractivity contribution in [3.05, 3.63) is 96.1 Å². The number of benzene rings is 4. The first-order valence-corrected chi connectivity index (χ1v) is 24.8. The maximum atomic E-state index is 12.6. The number of hydrogen-bond acceptors (Lipinski definition) is 26. The zero-order valence-electron chi connectivity index (χ0n) is 39.1. The summed E-state index contributed by atoms with van der Waals surface area (Å²) in [6, 6.07) is 16.3. The van der Waals surface area contributed by atoms with Crippen molar-refractivity contribution in [3.63, 3.8) is 0 Å². The van der Waals surface area contributed by atoms with Crippen LogP contribution in [0.3, 0.4) is 0 Å². The van der Waals surface area contributed by atoms with Crippen LogP contribution in [0.5, 0.6) is 0 Å². The summed E-state index contributed by atoms with van der Waals surface area (Å²) >= 11 is 0. The summed E-state index contributed by atoms with van der Waals surface area (Å²) in [5, 5.41) is 30.2. The molecule has 0 fully saturated rings. The Hall–Kier alpha value is -3.00. The van der Waals surface area contributed by atoms with E-state index in [4.69, 9.17) is 0 Å². The third-order valence-electron chi connectivity index (χ3n) is 9.12. The van der Waals surface area contributed by atoms with E-state index < -0.39 is 60.1 Å². The van der Waals surface area contributed by atoms with Crippen LogP contribution in [0.1, 0.15) is 11.1 Å². The molecule has 0 spiro atoms. The normalized spacial score (nSPS) is 11.5. The second-order valence-corrected chi connectivity index (χ2v) is 19.5. The van der Waals surface area contributed by atoms with Gasteiger partial charge in [-0.05, 0) is 83.9 Å². The molecule has 0 saturated heterocycles. The van der Waals surface area contributed by atoms with E-state index in [0.29, 0.717) is 0 Å². The largest absolute Gasteiger partial charge is 1.00 e. The molecule has 0 aliphatic carbocycles. The van der Waals surface area contributed by atoms with Gasteiger partial charge in [0, 0.05) is 49.9 Å². The predicted molar refractivity (Wildman–Crippen MR) is 240 cm³/mol. The molecule has 0 amide bonds. The van der Waals surface area contributed by atoms with Crippen molar-refractivity contribution in [1.29, 1.82) is 0 Å². The first kappa shape index (κ1) is 65.1. The van der Waals surface area contributed by atoms with Gasteiger partial charge >= 0.3 is 118 Å². The minimum Gasteiger partial charge on any atom is -0.744 e. The molecular formula is C38H36N12Na4O14S4. The average molecular weight is 1110 g/mol. The van der Waals surface area contributed by atoms with Gasteiger partial charge in [0.15, 0.2) is 0 Å². The van der Waals surface area contributed by atoms with Crippen LogP contribution in [0.15, 0.2) is 105 Å². The minimum atomic E-state index is -5.25. The van der Waals surface area contributed by atoms with Crippen LogP contribution in [0.4, 0.5) is 58.4 Å². The SMILES string of the molecule is CN(CCO)c1nc(Nc2ccc(S(=O)(=O)[O-])cc2)nc(Nc2ccc(/C=C/c3ccc(Nc4nc(Nc5ccc(S(=O)(=O)[O-])cc5)nc(N(C)CCO)n4)cc3S(=O)(=O)[O-])c(S(=O)(=O)[O-])c2)n1.[Na+].[Na+].[Na+].[Na+]. The second-order valence-electron chi connectivity index (χ2n) is 14.1. The van der Waals surface area contributed by atoms with Gasteiger partial charge in [-0.15, -0.1) is 0 Å². The van der Waals surface area contributed by atoms with Crippen LogP contribution in [0.25, 0.3) is 12.2 Å². The molecular weight excluding hydrogens is 1070 g/mol. The minimum absolute atomic E-state index is 0. The Kier molecular flexibility index (Phi) is 25.0. The van der Waals surface area contributed by atoms with Crippen LogP contribution < -0.4 is 149 Å². The maximum Gasteiger partial charge on any atom is 1.00 e. The molecule has 0 bridgehead atoms. The molecule has 0 aliphatic heterocycles. The summed E-state index contributed by atoms with van der Waals surface area (Å²) in [5.74, 6) is -0.605. The quantitative estimate of drug-likeness (QED) is 0.0235. The molecule has 6 aromatic rings. The third-order valence-corrected chi connectivity index (χ3v) is 12.6. The number of rotatable bonds is 20. The molecule has 0 radical (unpaired) electrons. The molecule has 6 N–H and O–H groups in total. The molecule has 0 aliphatic rings. The number of anilines is 10. The van der Waals surface area contributed by atoms with Crippen molar-refractivity contribution in [2.75, 3.05) is 71.5 Å². The summed E-state index contributed by atoms with van der Waals surface area (Å²) in [4.78, 5) is 26.0. The van der Waals surface area contributed by atoms with Crippen molar-refractivity contribution in [2.45, 2.75) is 19.6 Å². The summed E-state index contributed by atoms with van der Waals surface area (Å²) in [6.07, 6.45) is 2.18. The Morgan fingerprint density at radius 2 is 0.722 bits per heavy atom. The molecule has 0 saturated carbocycles. The van der Waals surface area contributed by atoms with Gasteiger partial charge in [0.05, 0.1) is 32.8 Å². The van der Waals surface area contributed by atoms with Crippen molar-refractivity contribution in [1.82, 2.24) is 29.9 Å². The topological polar surface area (TPSA) is 401 Å². The second kappa shape index (κ2) is 27.7. The molecule has 4 aromatic carbocycles. The maximum absolute atomic E-state index is 12.6. The van der Waals surface area contributed by atoms with Gasteiger partial charge in [0.2, 0.25) is 35.7 Å². The Bertz CT molecular complexity index is 3120. The summed E-state index contributed by atoms with van der Waals surface area (Å²) in [7, 11) is -16.8. The summed E-state index contributed by atoms with van der Waals surface area (Å²) < 4.78 is 144. The van der Waals surface area contributed by atoms with Crippen molar-refractivity contribution >= 4 is 111 Å². The fraction of sp³-hybridized carbons (Fsp3) is 0.158. The van der Waals surface area contributed by atoms with E-state index in [2.05, 4.69) is 51.2 Å². The van der Waals surface area contributed by atoms with Gasteiger partial charge < -0.3 is 59.5 Å². The molecule has 2 aromatic heterocycles. The van der Waals surface area contributed by atoms with Gasteiger partial charge in [-0.2, -0.15) is 29.9 Å². The van der Waals surface area contributed by atoms with E-state index in [0.717, 1.165) is 48.6 Å². The molecule has 34 heteroatoms. The van der Waals surface area contributed by atoms with Gasteiger partial charge in [-0.25, -0.2) is 33.7 Å². The Balaban J connectivity index is 0.00000444. The number of aliphatic hydroxyl groups excluding tert-OH is 2. The van der Waals surface area contributed by atoms with Gasteiger partial charge in [0.25, 0.3) is 0 Å². The van der Waals surface area contributed by atoms with Crippen molar-refractivity contribution in [3.8, 4) is 0 Å². The average Bonchev–Trinajstić information content (AvgIpc) is 3.25. The smallest absolute Gasteiger partial charge is 0.744 e. The number of nitrogens with zero attached hydrogens (tertiary/aromatic N) is 8. The van der Waals surface area contributed by atoms with Gasteiger partial charge in [-0.3, -0.25) is 0 Å². The van der Waals surface area contributed by atoms with Crippen molar-refractivity contribution < 1.29 is 180 Å². The zero-order valence-corrected chi connectivity index (χ0v) is 50.3. The number of nitrogens with one attached hydrogen (secondary N) is 4. The zero-order chi connectivity index (χ0) is 49.6. The monoisotopic (exact) mass is 1100 g/mol.